The van der Waals surface area contributed by atoms with Crippen molar-refractivity contribution in [1.29, 1.82) is 0 Å². The molecule has 1 saturated carbocycles. The number of carbonyl (C=O) groups excluding carboxylic acids is 1. The number of nitrogens with zero attached hydrogens (tertiary/aromatic N) is 2. The molecule has 5 nitrogen and oxygen atoms in total. The Morgan fingerprint density at radius 2 is 1.93 bits per heavy atom. The number of rotatable bonds is 2. The molecule has 1 atom stereocenters. The van der Waals surface area contributed by atoms with Crippen molar-refractivity contribution in [2.45, 2.75) is 69.7 Å². The molecule has 1 aliphatic carbocycles. The first-order chi connectivity index (χ1) is 13.1. The highest BCUT2D eigenvalue weighted by Crippen LogP contribution is 2.44. The van der Waals surface area contributed by atoms with Crippen molar-refractivity contribution >= 4 is 11.9 Å². The van der Waals surface area contributed by atoms with E-state index in [1.807, 2.05) is 6.92 Å². The lowest BCUT2D eigenvalue weighted by molar-refractivity contribution is -0.131. The van der Waals surface area contributed by atoms with Crippen molar-refractivity contribution in [3.63, 3.8) is 0 Å². The molecular weight excluding hydrogens is 340 g/mol. The molecule has 4 aliphatic rings. The topological polar surface area (TPSA) is 51.1 Å². The second kappa shape index (κ2) is 6.33. The van der Waals surface area contributed by atoms with Gasteiger partial charge in [0.2, 0.25) is 0 Å². The van der Waals surface area contributed by atoms with E-state index < -0.39 is 5.60 Å². The van der Waals surface area contributed by atoms with Gasteiger partial charge in [0.25, 0.3) is 11.9 Å². The third-order valence-electron chi connectivity index (χ3n) is 6.97. The standard InChI is InChI=1S/C22H28N2O3/c1-21(14-16-6-2-3-7-16)19(25)23-20(27-21)24-12-10-22(11-13-24)18-9-5-4-8-17(18)15-26-22/h4-5,8-9,16H,2-3,6-7,10-15H2,1H3. The van der Waals surface area contributed by atoms with Gasteiger partial charge in [-0.15, -0.1) is 0 Å². The van der Waals surface area contributed by atoms with Gasteiger partial charge in [0, 0.05) is 13.1 Å². The Hall–Kier alpha value is -1.88. The summed E-state index contributed by atoms with van der Waals surface area (Å²) in [7, 11) is 0. The average Bonchev–Trinajstić information content (AvgIpc) is 3.37. The Balaban J connectivity index is 1.25. The summed E-state index contributed by atoms with van der Waals surface area (Å²) < 4.78 is 12.4. The maximum Gasteiger partial charge on any atom is 0.296 e. The monoisotopic (exact) mass is 368 g/mol. The van der Waals surface area contributed by atoms with Crippen LogP contribution in [-0.2, 0) is 26.5 Å². The Bertz CT molecular complexity index is 776. The van der Waals surface area contributed by atoms with Crippen LogP contribution in [0, 0.1) is 5.92 Å². The molecule has 144 valence electrons. The van der Waals surface area contributed by atoms with E-state index in [1.54, 1.807) is 0 Å². The quantitative estimate of drug-likeness (QED) is 0.798. The number of piperidine rings is 1. The van der Waals surface area contributed by atoms with Crippen molar-refractivity contribution in [2.24, 2.45) is 10.9 Å². The zero-order valence-electron chi connectivity index (χ0n) is 16.1. The molecule has 1 amide bonds. The fourth-order valence-electron chi connectivity index (χ4n) is 5.36. The third-order valence-corrected chi connectivity index (χ3v) is 6.97. The molecule has 2 fully saturated rings. The normalized spacial score (nSPS) is 29.9. The third kappa shape index (κ3) is 2.87. The number of amides is 1. The van der Waals surface area contributed by atoms with E-state index in [9.17, 15) is 4.79 Å². The van der Waals surface area contributed by atoms with Crippen LogP contribution in [0.15, 0.2) is 29.3 Å². The minimum Gasteiger partial charge on any atom is -0.448 e. The Morgan fingerprint density at radius 3 is 2.70 bits per heavy atom. The number of fused-ring (bicyclic) bond motifs is 2. The number of amidine groups is 1. The average molecular weight is 368 g/mol. The van der Waals surface area contributed by atoms with Crippen LogP contribution in [0.1, 0.15) is 63.0 Å². The molecule has 0 N–H and O–H groups in total. The fourth-order valence-corrected chi connectivity index (χ4v) is 5.36. The summed E-state index contributed by atoms with van der Waals surface area (Å²) >= 11 is 0. The van der Waals surface area contributed by atoms with Gasteiger partial charge < -0.3 is 14.4 Å². The van der Waals surface area contributed by atoms with Crippen LogP contribution >= 0.6 is 0 Å². The van der Waals surface area contributed by atoms with Gasteiger partial charge in [-0.05, 0) is 43.2 Å². The number of hydrogen-bond acceptors (Lipinski definition) is 4. The summed E-state index contributed by atoms with van der Waals surface area (Å²) in [4.78, 5) is 19.0. The molecular formula is C22H28N2O3. The highest BCUT2D eigenvalue weighted by molar-refractivity contribution is 6.01. The van der Waals surface area contributed by atoms with Crippen LogP contribution in [0.4, 0.5) is 0 Å². The van der Waals surface area contributed by atoms with E-state index in [-0.39, 0.29) is 11.5 Å². The lowest BCUT2D eigenvalue weighted by Crippen LogP contribution is -2.46. The number of carbonyl (C=O) groups is 1. The molecule has 1 spiro atoms. The Labute approximate surface area is 160 Å². The molecule has 0 aromatic heterocycles. The SMILES string of the molecule is CC1(CC2CCCC2)OC(N2CCC3(CC2)OCc2ccccc23)=NC1=O. The Kier molecular flexibility index (Phi) is 4.04. The zero-order valence-corrected chi connectivity index (χ0v) is 16.1. The summed E-state index contributed by atoms with van der Waals surface area (Å²) in [6.45, 7) is 4.23. The molecule has 3 aliphatic heterocycles. The maximum absolute atomic E-state index is 12.6. The summed E-state index contributed by atoms with van der Waals surface area (Å²) in [5, 5.41) is 0. The number of ether oxygens (including phenoxy) is 2. The highest BCUT2D eigenvalue weighted by atomic mass is 16.5. The predicted octanol–water partition coefficient (Wildman–Crippen LogP) is 3.76. The Morgan fingerprint density at radius 1 is 1.19 bits per heavy atom. The largest absolute Gasteiger partial charge is 0.448 e. The van der Waals surface area contributed by atoms with E-state index in [4.69, 9.17) is 9.47 Å². The van der Waals surface area contributed by atoms with Gasteiger partial charge >= 0.3 is 0 Å². The van der Waals surface area contributed by atoms with Crippen LogP contribution < -0.4 is 0 Å². The maximum atomic E-state index is 12.6. The van der Waals surface area contributed by atoms with E-state index in [0.29, 0.717) is 18.5 Å². The van der Waals surface area contributed by atoms with Gasteiger partial charge in [-0.25, -0.2) is 0 Å². The number of likely N-dealkylation sites (tertiary alicyclic amines) is 1. The molecule has 0 bridgehead atoms. The van der Waals surface area contributed by atoms with E-state index in [1.165, 1.54) is 36.8 Å². The minimum atomic E-state index is -0.768. The molecule has 3 heterocycles. The molecule has 1 aromatic carbocycles. The lowest BCUT2D eigenvalue weighted by atomic mass is 9.84. The van der Waals surface area contributed by atoms with Crippen LogP contribution in [0.3, 0.4) is 0 Å². The molecule has 5 rings (SSSR count). The molecule has 1 unspecified atom stereocenters. The lowest BCUT2D eigenvalue weighted by Gasteiger charge is -2.40. The predicted molar refractivity (Wildman–Crippen MR) is 102 cm³/mol. The van der Waals surface area contributed by atoms with Gasteiger partial charge in [0.1, 0.15) is 0 Å². The van der Waals surface area contributed by atoms with Crippen LogP contribution in [-0.4, -0.2) is 35.5 Å². The van der Waals surface area contributed by atoms with Crippen molar-refractivity contribution in [1.82, 2.24) is 4.90 Å². The van der Waals surface area contributed by atoms with E-state index in [2.05, 4.69) is 34.2 Å². The molecule has 27 heavy (non-hydrogen) atoms. The second-order valence-corrected chi connectivity index (χ2v) is 8.81. The van der Waals surface area contributed by atoms with Crippen LogP contribution in [0.25, 0.3) is 0 Å². The van der Waals surface area contributed by atoms with Crippen molar-refractivity contribution in [2.75, 3.05) is 13.1 Å². The summed E-state index contributed by atoms with van der Waals surface area (Å²) in [5.41, 5.74) is 1.69. The van der Waals surface area contributed by atoms with Gasteiger partial charge in [-0.2, -0.15) is 4.99 Å². The van der Waals surface area contributed by atoms with E-state index >= 15 is 0 Å². The zero-order chi connectivity index (χ0) is 18.5. The number of aliphatic imine (C=N–C) groups is 1. The first-order valence-electron chi connectivity index (χ1n) is 10.4. The molecule has 1 aromatic rings. The van der Waals surface area contributed by atoms with Crippen molar-refractivity contribution < 1.29 is 14.3 Å². The summed E-state index contributed by atoms with van der Waals surface area (Å²) in [5.74, 6) is 0.494. The first kappa shape index (κ1) is 17.2. The number of hydrogen-bond donors (Lipinski definition) is 0. The van der Waals surface area contributed by atoms with E-state index in [0.717, 1.165) is 32.4 Å². The molecule has 5 heteroatoms. The van der Waals surface area contributed by atoms with Crippen molar-refractivity contribution in [3.8, 4) is 0 Å². The van der Waals surface area contributed by atoms with Crippen LogP contribution in [0.5, 0.6) is 0 Å². The summed E-state index contributed by atoms with van der Waals surface area (Å²) in [6.07, 6.45) is 7.58. The smallest absolute Gasteiger partial charge is 0.296 e. The fraction of sp³-hybridized carbons (Fsp3) is 0.636. The van der Waals surface area contributed by atoms with Gasteiger partial charge in [0.05, 0.1) is 12.2 Å². The highest BCUT2D eigenvalue weighted by Gasteiger charge is 2.48. The van der Waals surface area contributed by atoms with Gasteiger partial charge in [0.15, 0.2) is 5.60 Å². The number of benzene rings is 1. The van der Waals surface area contributed by atoms with Crippen molar-refractivity contribution in [3.05, 3.63) is 35.4 Å². The second-order valence-electron chi connectivity index (χ2n) is 8.81. The molecule has 1 saturated heterocycles. The van der Waals surface area contributed by atoms with Gasteiger partial charge in [-0.1, -0.05) is 49.9 Å². The van der Waals surface area contributed by atoms with Crippen LogP contribution in [0.2, 0.25) is 0 Å². The van der Waals surface area contributed by atoms with Gasteiger partial charge in [-0.3, -0.25) is 4.79 Å². The first-order valence-corrected chi connectivity index (χ1v) is 10.4. The minimum absolute atomic E-state index is 0.104. The summed E-state index contributed by atoms with van der Waals surface area (Å²) in [6, 6.07) is 9.06. The molecule has 0 radical (unpaired) electrons.